The van der Waals surface area contributed by atoms with E-state index in [-0.39, 0.29) is 12.6 Å². The van der Waals surface area contributed by atoms with Crippen LogP contribution in [0.15, 0.2) is 0 Å². The highest BCUT2D eigenvalue weighted by molar-refractivity contribution is 5.83. The van der Waals surface area contributed by atoms with Gasteiger partial charge in [-0.15, -0.1) is 0 Å². The minimum atomic E-state index is -1.34. The van der Waals surface area contributed by atoms with Crippen LogP contribution in [0.4, 0.5) is 4.79 Å². The summed E-state index contributed by atoms with van der Waals surface area (Å²) in [5, 5.41) is 23.9. The Bertz CT molecular complexity index is 599. The largest absolute Gasteiger partial charge is 0.389 e. The summed E-state index contributed by atoms with van der Waals surface area (Å²) in [4.78, 5) is 24.5. The summed E-state index contributed by atoms with van der Waals surface area (Å²) in [5.74, 6) is -0.560. The molecule has 3 amide bonds. The maximum atomic E-state index is 12.4. The molecule has 13 nitrogen and oxygen atoms in total. The Morgan fingerprint density at radius 3 is 2.43 bits per heavy atom. The Kier molecular flexibility index (Phi) is 8.75. The van der Waals surface area contributed by atoms with Crippen molar-refractivity contribution in [3.63, 3.8) is 0 Å². The number of amides is 3. The number of nitrogens with zero attached hydrogens (tertiary/aromatic N) is 1. The minimum absolute atomic E-state index is 0.247. The third-order valence-electron chi connectivity index (χ3n) is 5.71. The summed E-state index contributed by atoms with van der Waals surface area (Å²) >= 11 is 0. The molecule has 0 unspecified atom stereocenters. The van der Waals surface area contributed by atoms with Crippen molar-refractivity contribution in [3.8, 4) is 0 Å². The SMILES string of the molecule is CO[C@@H]1[C@@H](O)[C@@H](N)[C@@H](O[C@H]2O[C@H](CN)CC[C@@H]2N)[C@@H](O)[C@H]1N(C)C(=O)CNC(N)=O. The lowest BCUT2D eigenvalue weighted by Gasteiger charge is -2.50. The van der Waals surface area contributed by atoms with Crippen molar-refractivity contribution in [3.05, 3.63) is 0 Å². The van der Waals surface area contributed by atoms with Crippen LogP contribution in [0.5, 0.6) is 0 Å². The summed E-state index contributed by atoms with van der Waals surface area (Å²) in [6.45, 7) is -0.110. The van der Waals surface area contributed by atoms with Gasteiger partial charge < -0.3 is 57.6 Å². The highest BCUT2D eigenvalue weighted by atomic mass is 16.7. The molecule has 30 heavy (non-hydrogen) atoms. The molecule has 0 aromatic carbocycles. The maximum absolute atomic E-state index is 12.4. The molecule has 11 N–H and O–H groups in total. The number of rotatable bonds is 7. The maximum Gasteiger partial charge on any atom is 0.312 e. The summed E-state index contributed by atoms with van der Waals surface area (Å²) < 4.78 is 17.0. The Hall–Kier alpha value is -1.58. The van der Waals surface area contributed by atoms with Gasteiger partial charge in [0.25, 0.3) is 0 Å². The van der Waals surface area contributed by atoms with Gasteiger partial charge in [-0.1, -0.05) is 0 Å². The molecule has 174 valence electrons. The molecule has 2 rings (SSSR count). The van der Waals surface area contributed by atoms with E-state index in [4.69, 9.17) is 37.1 Å². The van der Waals surface area contributed by atoms with Crippen LogP contribution >= 0.6 is 0 Å². The van der Waals surface area contributed by atoms with Gasteiger partial charge in [0.15, 0.2) is 6.29 Å². The van der Waals surface area contributed by atoms with Gasteiger partial charge in [0.2, 0.25) is 5.91 Å². The zero-order valence-electron chi connectivity index (χ0n) is 17.2. The van der Waals surface area contributed by atoms with Crippen LogP contribution < -0.4 is 28.3 Å². The van der Waals surface area contributed by atoms with E-state index in [1.165, 1.54) is 14.2 Å². The van der Waals surface area contributed by atoms with Gasteiger partial charge in [-0.05, 0) is 12.8 Å². The number of methoxy groups -OCH3 is 1. The molecule has 1 heterocycles. The lowest BCUT2D eigenvalue weighted by atomic mass is 9.80. The van der Waals surface area contributed by atoms with Gasteiger partial charge in [0.05, 0.1) is 36.9 Å². The fourth-order valence-corrected chi connectivity index (χ4v) is 3.92. The van der Waals surface area contributed by atoms with Crippen molar-refractivity contribution >= 4 is 11.9 Å². The van der Waals surface area contributed by atoms with E-state index in [1.807, 2.05) is 0 Å². The van der Waals surface area contributed by atoms with Crippen LogP contribution in [0.2, 0.25) is 0 Å². The van der Waals surface area contributed by atoms with E-state index >= 15 is 0 Å². The Balaban J connectivity index is 2.20. The molecule has 0 bridgehead atoms. The standard InChI is InChI=1S/C17H34N6O7/c1-23(9(24)6-22-17(21)27)11-13(26)14(10(20)12(25)15(11)28-2)30-16-8(19)4-3-7(5-18)29-16/h7-8,10-16,25-26H,3-6,18-20H2,1-2H3,(H3,21,22,27)/t7-,8-,10+,11+,12-,13-,14+,15-,16+/m0/s1. The molecule has 13 heteroatoms. The van der Waals surface area contributed by atoms with E-state index in [9.17, 15) is 19.8 Å². The van der Waals surface area contributed by atoms with Crippen molar-refractivity contribution < 1.29 is 34.0 Å². The third kappa shape index (κ3) is 5.36. The number of aliphatic hydroxyl groups is 2. The molecular formula is C17H34N6O7. The first-order valence-corrected chi connectivity index (χ1v) is 9.82. The molecule has 2 aliphatic rings. The number of ether oxygens (including phenoxy) is 3. The van der Waals surface area contributed by atoms with Gasteiger partial charge in [-0.2, -0.15) is 0 Å². The van der Waals surface area contributed by atoms with Crippen LogP contribution in [0.3, 0.4) is 0 Å². The number of urea groups is 1. The monoisotopic (exact) mass is 434 g/mol. The Morgan fingerprint density at radius 1 is 1.20 bits per heavy atom. The fraction of sp³-hybridized carbons (Fsp3) is 0.882. The van der Waals surface area contributed by atoms with Crippen molar-refractivity contribution in [1.29, 1.82) is 0 Å². The lowest BCUT2D eigenvalue weighted by Crippen LogP contribution is -2.72. The zero-order chi connectivity index (χ0) is 22.6. The number of primary amides is 1. The number of nitrogens with two attached hydrogens (primary N) is 4. The Labute approximate surface area is 174 Å². The first-order chi connectivity index (χ1) is 14.1. The quantitative estimate of drug-likeness (QED) is 0.204. The first kappa shape index (κ1) is 24.7. The summed E-state index contributed by atoms with van der Waals surface area (Å²) in [5.41, 5.74) is 22.9. The summed E-state index contributed by atoms with van der Waals surface area (Å²) in [6, 6.07) is -3.41. The van der Waals surface area contributed by atoms with Crippen molar-refractivity contribution in [2.45, 2.75) is 67.8 Å². The highest BCUT2D eigenvalue weighted by Gasteiger charge is 2.53. The molecule has 1 aliphatic heterocycles. The second-order valence-corrected chi connectivity index (χ2v) is 7.68. The molecule has 2 fully saturated rings. The average molecular weight is 434 g/mol. The third-order valence-corrected chi connectivity index (χ3v) is 5.71. The predicted molar refractivity (Wildman–Crippen MR) is 105 cm³/mol. The van der Waals surface area contributed by atoms with Crippen LogP contribution in [-0.2, 0) is 19.0 Å². The average Bonchev–Trinajstić information content (AvgIpc) is 2.72. The zero-order valence-corrected chi connectivity index (χ0v) is 17.2. The number of nitrogens with one attached hydrogen (secondary N) is 1. The van der Waals surface area contributed by atoms with Gasteiger partial charge in [-0.25, -0.2) is 4.79 Å². The number of hydrogen-bond acceptors (Lipinski definition) is 10. The lowest BCUT2D eigenvalue weighted by molar-refractivity contribution is -0.265. The smallest absolute Gasteiger partial charge is 0.312 e. The van der Waals surface area contributed by atoms with Gasteiger partial charge in [-0.3, -0.25) is 4.79 Å². The molecule has 0 aromatic rings. The van der Waals surface area contributed by atoms with Crippen molar-refractivity contribution in [2.24, 2.45) is 22.9 Å². The number of likely N-dealkylation sites (N-methyl/N-ethyl adjacent to an activating group) is 1. The van der Waals surface area contributed by atoms with E-state index < -0.39 is 67.3 Å². The molecule has 0 spiro atoms. The van der Waals surface area contributed by atoms with Gasteiger partial charge >= 0.3 is 6.03 Å². The molecule has 1 saturated heterocycles. The highest BCUT2D eigenvalue weighted by Crippen LogP contribution is 2.30. The number of carbonyl (C=O) groups excluding carboxylic acids is 2. The molecule has 1 aliphatic carbocycles. The van der Waals surface area contributed by atoms with E-state index in [0.717, 1.165) is 4.90 Å². The van der Waals surface area contributed by atoms with E-state index in [2.05, 4.69) is 5.32 Å². The topological polar surface area (TPSA) is 222 Å². The number of hydrogen-bond donors (Lipinski definition) is 7. The van der Waals surface area contributed by atoms with Gasteiger partial charge in [0.1, 0.15) is 18.3 Å². The molecule has 0 aromatic heterocycles. The molecular weight excluding hydrogens is 400 g/mol. The second-order valence-electron chi connectivity index (χ2n) is 7.68. The van der Waals surface area contributed by atoms with Crippen LogP contribution in [0.1, 0.15) is 12.8 Å². The van der Waals surface area contributed by atoms with Crippen molar-refractivity contribution in [1.82, 2.24) is 10.2 Å². The second kappa shape index (κ2) is 10.6. The van der Waals surface area contributed by atoms with E-state index in [1.54, 1.807) is 0 Å². The molecule has 9 atom stereocenters. The molecule has 0 radical (unpaired) electrons. The first-order valence-electron chi connectivity index (χ1n) is 9.82. The number of carbonyl (C=O) groups is 2. The fourth-order valence-electron chi connectivity index (χ4n) is 3.92. The predicted octanol–water partition coefficient (Wildman–Crippen LogP) is -4.26. The minimum Gasteiger partial charge on any atom is -0.389 e. The van der Waals surface area contributed by atoms with Gasteiger partial charge in [0, 0.05) is 20.7 Å². The molecule has 1 saturated carbocycles. The van der Waals surface area contributed by atoms with Crippen molar-refractivity contribution in [2.75, 3.05) is 27.2 Å². The number of aliphatic hydroxyl groups excluding tert-OH is 2. The van der Waals surface area contributed by atoms with E-state index in [0.29, 0.717) is 12.8 Å². The van der Waals surface area contributed by atoms with Crippen LogP contribution in [-0.4, -0.2) is 109 Å². The van der Waals surface area contributed by atoms with Crippen LogP contribution in [0.25, 0.3) is 0 Å². The summed E-state index contributed by atoms with van der Waals surface area (Å²) in [6.07, 6.45) is -4.57. The summed E-state index contributed by atoms with van der Waals surface area (Å²) in [7, 11) is 2.73. The Morgan fingerprint density at radius 2 is 1.87 bits per heavy atom. The van der Waals surface area contributed by atoms with Crippen LogP contribution in [0, 0.1) is 0 Å². The normalized spacial score (nSPS) is 39.4.